The number of carbonyl (C=O) groups excluding carboxylic acids is 1. The van der Waals surface area contributed by atoms with E-state index in [0.29, 0.717) is 0 Å². The van der Waals surface area contributed by atoms with Crippen LogP contribution in [0.5, 0.6) is 0 Å². The molecule has 1 aliphatic heterocycles. The van der Waals surface area contributed by atoms with E-state index in [1.54, 1.807) is 17.3 Å². The van der Waals surface area contributed by atoms with E-state index in [1.165, 1.54) is 0 Å². The number of nitrogens with one attached hydrogen (secondary N) is 1. The van der Waals surface area contributed by atoms with Crippen LogP contribution in [0.3, 0.4) is 0 Å². The summed E-state index contributed by atoms with van der Waals surface area (Å²) in [7, 11) is 1.82. The topological polar surface area (TPSA) is 75.0 Å². The van der Waals surface area contributed by atoms with E-state index in [-0.39, 0.29) is 5.91 Å². The molecule has 5 nitrogen and oxygen atoms in total. The predicted molar refractivity (Wildman–Crippen MR) is 56.5 cm³/mol. The lowest BCUT2D eigenvalue weighted by Crippen LogP contribution is -2.41. The molecule has 78 valence electrons. The molecular formula is C10H12N4O. The van der Waals surface area contributed by atoms with Crippen LogP contribution in [0.2, 0.25) is 0 Å². The first-order valence-electron chi connectivity index (χ1n) is 4.59. The molecule has 5 heteroatoms. The van der Waals surface area contributed by atoms with Crippen LogP contribution in [-0.2, 0) is 4.79 Å². The van der Waals surface area contributed by atoms with Gasteiger partial charge in [-0.25, -0.2) is 0 Å². The summed E-state index contributed by atoms with van der Waals surface area (Å²) in [6.07, 6.45) is 8.99. The molecule has 2 rings (SSSR count). The number of nitrogens with two attached hydrogens (primary N) is 1. The number of H-pyrrole nitrogens is 1. The van der Waals surface area contributed by atoms with Gasteiger partial charge in [0.25, 0.3) is 0 Å². The van der Waals surface area contributed by atoms with Gasteiger partial charge >= 0.3 is 0 Å². The highest BCUT2D eigenvalue weighted by molar-refractivity contribution is 5.95. The molecule has 0 aromatic carbocycles. The number of primary amides is 1. The van der Waals surface area contributed by atoms with Crippen LogP contribution in [0.4, 0.5) is 0 Å². The number of nitrogens with zero attached hydrogens (tertiary/aromatic N) is 2. The molecule has 0 bridgehead atoms. The Morgan fingerprint density at radius 2 is 2.47 bits per heavy atom. The van der Waals surface area contributed by atoms with Gasteiger partial charge < -0.3 is 10.6 Å². The second-order valence-electron chi connectivity index (χ2n) is 3.42. The molecule has 0 fully saturated rings. The molecule has 0 radical (unpaired) electrons. The lowest BCUT2D eigenvalue weighted by Gasteiger charge is -2.28. The van der Waals surface area contributed by atoms with Crippen molar-refractivity contribution in [3.63, 3.8) is 0 Å². The van der Waals surface area contributed by atoms with Crippen molar-refractivity contribution in [3.8, 4) is 0 Å². The lowest BCUT2D eigenvalue weighted by atomic mass is 9.97. The van der Waals surface area contributed by atoms with Crippen molar-refractivity contribution in [2.24, 2.45) is 5.73 Å². The summed E-state index contributed by atoms with van der Waals surface area (Å²) in [6, 6.07) is -0.424. The minimum atomic E-state index is -0.424. The number of aromatic nitrogens is 2. The molecule has 1 aliphatic rings. The van der Waals surface area contributed by atoms with Crippen molar-refractivity contribution in [2.45, 2.75) is 6.04 Å². The summed E-state index contributed by atoms with van der Waals surface area (Å²) in [5.74, 6) is -0.366. The van der Waals surface area contributed by atoms with Gasteiger partial charge in [0.1, 0.15) is 6.04 Å². The quantitative estimate of drug-likeness (QED) is 0.717. The van der Waals surface area contributed by atoms with Gasteiger partial charge in [0.15, 0.2) is 0 Å². The Labute approximate surface area is 87.3 Å². The number of hydrogen-bond donors (Lipinski definition) is 2. The van der Waals surface area contributed by atoms with E-state index in [1.807, 2.05) is 25.4 Å². The van der Waals surface area contributed by atoms with Crippen LogP contribution in [0.1, 0.15) is 5.56 Å². The van der Waals surface area contributed by atoms with Crippen molar-refractivity contribution in [3.05, 3.63) is 36.3 Å². The fraction of sp³-hybridized carbons (Fsp3) is 0.200. The molecule has 1 unspecified atom stereocenters. The average Bonchev–Trinajstić information content (AvgIpc) is 2.69. The van der Waals surface area contributed by atoms with Crippen LogP contribution in [-0.4, -0.2) is 34.1 Å². The number of rotatable bonds is 2. The summed E-state index contributed by atoms with van der Waals surface area (Å²) in [6.45, 7) is 0. The van der Waals surface area contributed by atoms with Gasteiger partial charge in [0.2, 0.25) is 5.91 Å². The Morgan fingerprint density at radius 3 is 3.07 bits per heavy atom. The molecule has 1 aromatic heterocycles. The van der Waals surface area contributed by atoms with E-state index >= 15 is 0 Å². The van der Waals surface area contributed by atoms with E-state index < -0.39 is 6.04 Å². The van der Waals surface area contributed by atoms with E-state index in [2.05, 4.69) is 10.2 Å². The van der Waals surface area contributed by atoms with Gasteiger partial charge in [-0.15, -0.1) is 0 Å². The maximum atomic E-state index is 11.3. The largest absolute Gasteiger partial charge is 0.368 e. The summed E-state index contributed by atoms with van der Waals surface area (Å²) in [5, 5.41) is 6.57. The van der Waals surface area contributed by atoms with E-state index in [9.17, 15) is 4.79 Å². The molecule has 1 aromatic rings. The van der Waals surface area contributed by atoms with Gasteiger partial charge in [0.05, 0.1) is 6.20 Å². The Bertz CT molecular complexity index is 419. The van der Waals surface area contributed by atoms with Gasteiger partial charge in [-0.1, -0.05) is 6.08 Å². The van der Waals surface area contributed by atoms with E-state index in [4.69, 9.17) is 5.73 Å². The Morgan fingerprint density at radius 1 is 1.67 bits per heavy atom. The molecule has 1 atom stereocenters. The van der Waals surface area contributed by atoms with Crippen LogP contribution in [0.15, 0.2) is 30.7 Å². The number of amides is 1. The van der Waals surface area contributed by atoms with Gasteiger partial charge in [-0.05, 0) is 17.8 Å². The molecule has 0 aliphatic carbocycles. The number of likely N-dealkylation sites (N-methyl/N-ethyl adjacent to an activating group) is 1. The third-order valence-electron chi connectivity index (χ3n) is 2.40. The molecule has 0 saturated carbocycles. The van der Waals surface area contributed by atoms with Gasteiger partial charge in [0, 0.05) is 18.8 Å². The van der Waals surface area contributed by atoms with Crippen LogP contribution in [0.25, 0.3) is 5.57 Å². The van der Waals surface area contributed by atoms with Gasteiger partial charge in [-0.2, -0.15) is 5.10 Å². The zero-order chi connectivity index (χ0) is 10.8. The molecule has 0 spiro atoms. The van der Waals surface area contributed by atoms with Crippen molar-refractivity contribution in [2.75, 3.05) is 7.05 Å². The normalized spacial score (nSPS) is 20.2. The maximum absolute atomic E-state index is 11.3. The Balaban J connectivity index is 2.40. The molecular weight excluding hydrogens is 192 g/mol. The van der Waals surface area contributed by atoms with Crippen molar-refractivity contribution >= 4 is 11.5 Å². The maximum Gasteiger partial charge on any atom is 0.244 e. The monoisotopic (exact) mass is 204 g/mol. The van der Waals surface area contributed by atoms with Crippen LogP contribution in [0, 0.1) is 0 Å². The average molecular weight is 204 g/mol. The molecule has 2 heterocycles. The third kappa shape index (κ3) is 1.63. The number of allylic oxidation sites excluding steroid dienone is 2. The minimum absolute atomic E-state index is 0.366. The summed E-state index contributed by atoms with van der Waals surface area (Å²) in [5.41, 5.74) is 7.11. The van der Waals surface area contributed by atoms with Crippen LogP contribution >= 0.6 is 0 Å². The number of carbonyl (C=O) groups is 1. The van der Waals surface area contributed by atoms with Crippen LogP contribution < -0.4 is 5.73 Å². The second kappa shape index (κ2) is 3.61. The molecule has 0 saturated heterocycles. The highest BCUT2D eigenvalue weighted by Gasteiger charge is 2.26. The summed E-state index contributed by atoms with van der Waals surface area (Å²) >= 11 is 0. The Kier molecular flexibility index (Phi) is 2.29. The van der Waals surface area contributed by atoms with E-state index in [0.717, 1.165) is 11.1 Å². The zero-order valence-corrected chi connectivity index (χ0v) is 8.34. The standard InChI is InChI=1S/C10H12N4O/c1-14-4-2-3-8(9(14)10(11)15)7-5-12-13-6-7/h2-6,9H,1H3,(H2,11,15)(H,12,13). The van der Waals surface area contributed by atoms with Crippen molar-refractivity contribution < 1.29 is 4.79 Å². The zero-order valence-electron chi connectivity index (χ0n) is 8.34. The molecule has 3 N–H and O–H groups in total. The highest BCUT2D eigenvalue weighted by Crippen LogP contribution is 2.24. The second-order valence-corrected chi connectivity index (χ2v) is 3.42. The highest BCUT2D eigenvalue weighted by atomic mass is 16.1. The molecule has 1 amide bonds. The first kappa shape index (κ1) is 9.51. The first-order chi connectivity index (χ1) is 7.20. The van der Waals surface area contributed by atoms with Crippen molar-refractivity contribution in [1.82, 2.24) is 15.1 Å². The number of aromatic amines is 1. The third-order valence-corrected chi connectivity index (χ3v) is 2.40. The minimum Gasteiger partial charge on any atom is -0.368 e. The lowest BCUT2D eigenvalue weighted by molar-refractivity contribution is -0.120. The van der Waals surface area contributed by atoms with Crippen molar-refractivity contribution in [1.29, 1.82) is 0 Å². The fourth-order valence-corrected chi connectivity index (χ4v) is 1.70. The SMILES string of the molecule is CN1C=CC=C(c2cn[nH]c2)C1C(N)=O. The summed E-state index contributed by atoms with van der Waals surface area (Å²) < 4.78 is 0. The molecule has 15 heavy (non-hydrogen) atoms. The predicted octanol–water partition coefficient (Wildman–Crippen LogP) is 0.106. The number of hydrogen-bond acceptors (Lipinski definition) is 3. The summed E-state index contributed by atoms with van der Waals surface area (Å²) in [4.78, 5) is 13.1. The Hall–Kier alpha value is -2.04. The van der Waals surface area contributed by atoms with Gasteiger partial charge in [-0.3, -0.25) is 9.89 Å². The first-order valence-corrected chi connectivity index (χ1v) is 4.59. The smallest absolute Gasteiger partial charge is 0.244 e. The fourth-order valence-electron chi connectivity index (χ4n) is 1.70.